The molecule has 2 rings (SSSR count). The van der Waals surface area contributed by atoms with Gasteiger partial charge in [-0.2, -0.15) is 0 Å². The third-order valence-corrected chi connectivity index (χ3v) is 2.90. The Balaban J connectivity index is 1.93. The largest absolute Gasteiger partial charge is 0.381 e. The Morgan fingerprint density at radius 3 is 3.21 bits per heavy atom. The molecule has 1 aliphatic heterocycles. The molecule has 4 heteroatoms. The highest BCUT2D eigenvalue weighted by molar-refractivity contribution is 4.90. The lowest BCUT2D eigenvalue weighted by Gasteiger charge is -2.18. The number of rotatable bonds is 3. The number of aromatic nitrogens is 2. The minimum Gasteiger partial charge on any atom is -0.381 e. The second-order valence-electron chi connectivity index (χ2n) is 3.91. The molecule has 1 fully saturated rings. The fourth-order valence-corrected chi connectivity index (χ4v) is 1.86. The lowest BCUT2D eigenvalue weighted by molar-refractivity contribution is 0.178. The molecular weight excluding hydrogens is 178 g/mol. The van der Waals surface area contributed by atoms with E-state index < -0.39 is 0 Å². The van der Waals surface area contributed by atoms with Crippen LogP contribution in [0.25, 0.3) is 0 Å². The number of hydrogen-bond donors (Lipinski definition) is 1. The molecular formula is C10H17N3O. The highest BCUT2D eigenvalue weighted by Gasteiger charge is 2.23. The SMILES string of the molecule is Cc1nccn1CC(N)C1CCOC1. The van der Waals surface area contributed by atoms with E-state index >= 15 is 0 Å². The van der Waals surface area contributed by atoms with Gasteiger partial charge in [0, 0.05) is 37.5 Å². The summed E-state index contributed by atoms with van der Waals surface area (Å²) in [4.78, 5) is 4.17. The quantitative estimate of drug-likeness (QED) is 0.766. The molecule has 2 unspecified atom stereocenters. The smallest absolute Gasteiger partial charge is 0.105 e. The Bertz CT molecular complexity index is 291. The average molecular weight is 195 g/mol. The van der Waals surface area contributed by atoms with Gasteiger partial charge < -0.3 is 15.0 Å². The van der Waals surface area contributed by atoms with Crippen LogP contribution >= 0.6 is 0 Å². The lowest BCUT2D eigenvalue weighted by atomic mass is 10.00. The topological polar surface area (TPSA) is 53.1 Å². The van der Waals surface area contributed by atoms with Crippen molar-refractivity contribution in [2.24, 2.45) is 11.7 Å². The number of nitrogens with two attached hydrogens (primary N) is 1. The summed E-state index contributed by atoms with van der Waals surface area (Å²) in [6.45, 7) is 4.52. The molecule has 1 aliphatic rings. The van der Waals surface area contributed by atoms with Crippen LogP contribution in [-0.4, -0.2) is 28.8 Å². The zero-order valence-electron chi connectivity index (χ0n) is 8.52. The Labute approximate surface area is 84.1 Å². The van der Waals surface area contributed by atoms with E-state index in [1.165, 1.54) is 0 Å². The van der Waals surface area contributed by atoms with Crippen molar-refractivity contribution in [1.29, 1.82) is 0 Å². The molecule has 0 aliphatic carbocycles. The molecule has 14 heavy (non-hydrogen) atoms. The van der Waals surface area contributed by atoms with Crippen LogP contribution < -0.4 is 5.73 Å². The van der Waals surface area contributed by atoms with Gasteiger partial charge in [0.25, 0.3) is 0 Å². The summed E-state index contributed by atoms with van der Waals surface area (Å²) in [6, 6.07) is 0.186. The number of nitrogens with zero attached hydrogens (tertiary/aromatic N) is 2. The molecule has 0 bridgehead atoms. The predicted octanol–water partition coefficient (Wildman–Crippen LogP) is 0.555. The summed E-state index contributed by atoms with van der Waals surface area (Å²) in [5.41, 5.74) is 6.11. The van der Waals surface area contributed by atoms with Crippen LogP contribution in [0.3, 0.4) is 0 Å². The molecule has 2 N–H and O–H groups in total. The highest BCUT2D eigenvalue weighted by atomic mass is 16.5. The first-order valence-corrected chi connectivity index (χ1v) is 5.08. The number of aryl methyl sites for hydroxylation is 1. The summed E-state index contributed by atoms with van der Waals surface area (Å²) >= 11 is 0. The van der Waals surface area contributed by atoms with Crippen LogP contribution in [0.15, 0.2) is 12.4 Å². The van der Waals surface area contributed by atoms with Crippen LogP contribution in [0, 0.1) is 12.8 Å². The normalized spacial score (nSPS) is 24.0. The van der Waals surface area contributed by atoms with E-state index in [0.717, 1.165) is 32.0 Å². The fraction of sp³-hybridized carbons (Fsp3) is 0.700. The Hall–Kier alpha value is -0.870. The molecule has 1 aromatic rings. The lowest BCUT2D eigenvalue weighted by Crippen LogP contribution is -2.34. The molecule has 0 amide bonds. The van der Waals surface area contributed by atoms with Gasteiger partial charge in [-0.1, -0.05) is 0 Å². The van der Waals surface area contributed by atoms with Crippen LogP contribution in [0.1, 0.15) is 12.2 Å². The molecule has 0 saturated carbocycles. The Morgan fingerprint density at radius 1 is 1.79 bits per heavy atom. The van der Waals surface area contributed by atoms with Crippen molar-refractivity contribution < 1.29 is 4.74 Å². The molecule has 4 nitrogen and oxygen atoms in total. The number of hydrogen-bond acceptors (Lipinski definition) is 3. The summed E-state index contributed by atoms with van der Waals surface area (Å²) in [7, 11) is 0. The number of imidazole rings is 1. The van der Waals surface area contributed by atoms with Gasteiger partial charge >= 0.3 is 0 Å². The van der Waals surface area contributed by atoms with Crippen molar-refractivity contribution in [3.8, 4) is 0 Å². The second-order valence-corrected chi connectivity index (χ2v) is 3.91. The molecule has 0 spiro atoms. The van der Waals surface area contributed by atoms with Gasteiger partial charge in [-0.05, 0) is 13.3 Å². The maximum absolute atomic E-state index is 6.11. The highest BCUT2D eigenvalue weighted by Crippen LogP contribution is 2.16. The molecule has 2 heterocycles. The summed E-state index contributed by atoms with van der Waals surface area (Å²) in [6.07, 6.45) is 4.88. The molecule has 78 valence electrons. The predicted molar refractivity (Wildman–Crippen MR) is 53.9 cm³/mol. The third kappa shape index (κ3) is 1.96. The van der Waals surface area contributed by atoms with Crippen LogP contribution in [0.5, 0.6) is 0 Å². The van der Waals surface area contributed by atoms with Crippen LogP contribution in [-0.2, 0) is 11.3 Å². The van der Waals surface area contributed by atoms with Gasteiger partial charge in [0.15, 0.2) is 0 Å². The van der Waals surface area contributed by atoms with Crippen molar-refractivity contribution >= 4 is 0 Å². The first kappa shape index (κ1) is 9.68. The van der Waals surface area contributed by atoms with E-state index in [9.17, 15) is 0 Å². The first-order chi connectivity index (χ1) is 6.77. The van der Waals surface area contributed by atoms with Crippen LogP contribution in [0.2, 0.25) is 0 Å². The van der Waals surface area contributed by atoms with Gasteiger partial charge in [0.2, 0.25) is 0 Å². The van der Waals surface area contributed by atoms with Crippen molar-refractivity contribution in [3.63, 3.8) is 0 Å². The van der Waals surface area contributed by atoms with Gasteiger partial charge in [-0.3, -0.25) is 0 Å². The summed E-state index contributed by atoms with van der Waals surface area (Å²) in [5, 5.41) is 0. The molecule has 1 saturated heterocycles. The molecule has 0 aromatic carbocycles. The van der Waals surface area contributed by atoms with Gasteiger partial charge in [-0.25, -0.2) is 4.98 Å². The van der Waals surface area contributed by atoms with Gasteiger partial charge in [-0.15, -0.1) is 0 Å². The average Bonchev–Trinajstić information content (AvgIpc) is 2.77. The van der Waals surface area contributed by atoms with Gasteiger partial charge in [0.05, 0.1) is 6.61 Å². The van der Waals surface area contributed by atoms with E-state index in [1.807, 2.05) is 19.3 Å². The minimum absolute atomic E-state index is 0.186. The molecule has 1 aromatic heterocycles. The van der Waals surface area contributed by atoms with E-state index in [2.05, 4.69) is 9.55 Å². The van der Waals surface area contributed by atoms with Crippen molar-refractivity contribution in [3.05, 3.63) is 18.2 Å². The van der Waals surface area contributed by atoms with Crippen molar-refractivity contribution in [1.82, 2.24) is 9.55 Å². The van der Waals surface area contributed by atoms with Crippen LogP contribution in [0.4, 0.5) is 0 Å². The van der Waals surface area contributed by atoms with E-state index in [4.69, 9.17) is 10.5 Å². The van der Waals surface area contributed by atoms with E-state index in [0.29, 0.717) is 5.92 Å². The van der Waals surface area contributed by atoms with E-state index in [-0.39, 0.29) is 6.04 Å². The van der Waals surface area contributed by atoms with E-state index in [1.54, 1.807) is 0 Å². The Kier molecular flexibility index (Phi) is 2.84. The fourth-order valence-electron chi connectivity index (χ4n) is 1.86. The maximum Gasteiger partial charge on any atom is 0.105 e. The summed E-state index contributed by atoms with van der Waals surface area (Å²) < 4.78 is 7.42. The standard InChI is InChI=1S/C10H17N3O/c1-8-12-3-4-13(8)6-10(11)9-2-5-14-7-9/h3-4,9-10H,2,5-7,11H2,1H3. The second kappa shape index (κ2) is 4.11. The number of ether oxygens (including phenoxy) is 1. The first-order valence-electron chi connectivity index (χ1n) is 5.08. The van der Waals surface area contributed by atoms with Gasteiger partial charge in [0.1, 0.15) is 5.82 Å². The Morgan fingerprint density at radius 2 is 2.64 bits per heavy atom. The third-order valence-electron chi connectivity index (χ3n) is 2.90. The molecule has 2 atom stereocenters. The van der Waals surface area contributed by atoms with Crippen molar-refractivity contribution in [2.75, 3.05) is 13.2 Å². The maximum atomic E-state index is 6.11. The summed E-state index contributed by atoms with van der Waals surface area (Å²) in [5.74, 6) is 1.54. The zero-order valence-corrected chi connectivity index (χ0v) is 8.52. The zero-order chi connectivity index (χ0) is 9.97. The van der Waals surface area contributed by atoms with Crippen molar-refractivity contribution in [2.45, 2.75) is 25.9 Å². The minimum atomic E-state index is 0.186. The molecule has 0 radical (unpaired) electrons. The monoisotopic (exact) mass is 195 g/mol.